The van der Waals surface area contributed by atoms with Crippen molar-refractivity contribution in [1.82, 2.24) is 10.3 Å². The molecule has 5 nitrogen and oxygen atoms in total. The van der Waals surface area contributed by atoms with Gasteiger partial charge in [0.05, 0.1) is 6.04 Å². The number of carbonyl (C=O) groups is 1. The number of amides is 1. The van der Waals surface area contributed by atoms with E-state index in [4.69, 9.17) is 5.73 Å². The summed E-state index contributed by atoms with van der Waals surface area (Å²) in [6.45, 7) is -1.47. The zero-order chi connectivity index (χ0) is 18.3. The highest BCUT2D eigenvalue weighted by molar-refractivity contribution is 5.81. The Morgan fingerprint density at radius 2 is 1.92 bits per heavy atom. The summed E-state index contributed by atoms with van der Waals surface area (Å²) in [6, 6.07) is 11.6. The van der Waals surface area contributed by atoms with Crippen molar-refractivity contribution < 1.29 is 22.7 Å². The third kappa shape index (κ3) is 6.42. The fraction of sp³-hybridized carbons (Fsp3) is 0.294. The van der Waals surface area contributed by atoms with Crippen LogP contribution in [-0.2, 0) is 17.8 Å². The Hall–Kier alpha value is -2.61. The molecule has 1 aromatic carbocycles. The largest absolute Gasteiger partial charge is 0.468 e. The van der Waals surface area contributed by atoms with E-state index in [9.17, 15) is 18.0 Å². The van der Waals surface area contributed by atoms with E-state index in [1.807, 2.05) is 30.3 Å². The second kappa shape index (κ2) is 8.48. The van der Waals surface area contributed by atoms with Crippen molar-refractivity contribution in [2.45, 2.75) is 25.2 Å². The fourth-order valence-electron chi connectivity index (χ4n) is 2.11. The molecule has 2 rings (SSSR count). The Bertz CT molecular complexity index is 693. The number of aromatic nitrogens is 1. The van der Waals surface area contributed by atoms with Gasteiger partial charge in [-0.05, 0) is 18.1 Å². The summed E-state index contributed by atoms with van der Waals surface area (Å²) >= 11 is 0. The van der Waals surface area contributed by atoms with Crippen LogP contribution in [0.1, 0.15) is 11.1 Å². The number of nitrogens with zero attached hydrogens (tertiary/aromatic N) is 1. The van der Waals surface area contributed by atoms with E-state index in [-0.39, 0.29) is 12.4 Å². The normalized spacial score (nSPS) is 12.5. The van der Waals surface area contributed by atoms with Crippen LogP contribution in [0.15, 0.2) is 48.7 Å². The van der Waals surface area contributed by atoms with E-state index in [0.29, 0.717) is 12.0 Å². The molecule has 0 saturated heterocycles. The van der Waals surface area contributed by atoms with Gasteiger partial charge in [-0.25, -0.2) is 4.98 Å². The lowest BCUT2D eigenvalue weighted by atomic mass is 10.1. The number of rotatable bonds is 7. The second-order valence-electron chi connectivity index (χ2n) is 5.39. The van der Waals surface area contributed by atoms with Crippen molar-refractivity contribution in [3.63, 3.8) is 0 Å². The average molecular weight is 353 g/mol. The highest BCUT2D eigenvalue weighted by Crippen LogP contribution is 2.19. The minimum absolute atomic E-state index is 0.0254. The molecule has 3 N–H and O–H groups in total. The molecule has 1 amide bonds. The maximum Gasteiger partial charge on any atom is 0.422 e. The van der Waals surface area contributed by atoms with Gasteiger partial charge in [-0.2, -0.15) is 13.2 Å². The number of nitrogens with one attached hydrogen (secondary N) is 1. The lowest BCUT2D eigenvalue weighted by Gasteiger charge is -2.14. The summed E-state index contributed by atoms with van der Waals surface area (Å²) in [5, 5.41) is 2.59. The molecule has 25 heavy (non-hydrogen) atoms. The molecule has 1 unspecified atom stereocenters. The molecular weight excluding hydrogens is 335 g/mol. The highest BCUT2D eigenvalue weighted by atomic mass is 19.4. The predicted octanol–water partition coefficient (Wildman–Crippen LogP) is 2.21. The van der Waals surface area contributed by atoms with Crippen LogP contribution in [-0.4, -0.2) is 29.7 Å². The maximum absolute atomic E-state index is 12.3. The van der Waals surface area contributed by atoms with Crippen molar-refractivity contribution in [2.75, 3.05) is 6.61 Å². The number of halogens is 3. The third-order valence-corrected chi connectivity index (χ3v) is 3.31. The Kier molecular flexibility index (Phi) is 6.35. The molecule has 2 aromatic rings. The predicted molar refractivity (Wildman–Crippen MR) is 85.8 cm³/mol. The van der Waals surface area contributed by atoms with Gasteiger partial charge in [0.1, 0.15) is 0 Å². The summed E-state index contributed by atoms with van der Waals surface area (Å²) < 4.78 is 41.5. The van der Waals surface area contributed by atoms with Crippen molar-refractivity contribution in [3.05, 3.63) is 59.8 Å². The SMILES string of the molecule is NC(Cc1ccccc1)C(=O)NCc1cccnc1OCC(F)(F)F. The third-order valence-electron chi connectivity index (χ3n) is 3.31. The van der Waals surface area contributed by atoms with Crippen LogP contribution in [0.5, 0.6) is 5.88 Å². The zero-order valence-corrected chi connectivity index (χ0v) is 13.3. The number of hydrogen-bond donors (Lipinski definition) is 2. The zero-order valence-electron chi connectivity index (χ0n) is 13.3. The first kappa shape index (κ1) is 18.7. The smallest absolute Gasteiger partial charge is 0.422 e. The van der Waals surface area contributed by atoms with E-state index in [1.165, 1.54) is 12.3 Å². The van der Waals surface area contributed by atoms with Crippen molar-refractivity contribution >= 4 is 5.91 Å². The molecule has 0 aliphatic carbocycles. The van der Waals surface area contributed by atoms with E-state index in [1.54, 1.807) is 6.07 Å². The molecule has 0 spiro atoms. The molecule has 0 radical (unpaired) electrons. The van der Waals surface area contributed by atoms with Gasteiger partial charge in [0.2, 0.25) is 11.8 Å². The first-order valence-electron chi connectivity index (χ1n) is 7.56. The van der Waals surface area contributed by atoms with Gasteiger partial charge >= 0.3 is 6.18 Å². The molecule has 1 heterocycles. The monoisotopic (exact) mass is 353 g/mol. The second-order valence-corrected chi connectivity index (χ2v) is 5.39. The topological polar surface area (TPSA) is 77.2 Å². The number of alkyl halides is 3. The molecule has 134 valence electrons. The van der Waals surface area contributed by atoms with Crippen molar-refractivity contribution in [1.29, 1.82) is 0 Å². The van der Waals surface area contributed by atoms with E-state index < -0.39 is 24.7 Å². The van der Waals surface area contributed by atoms with E-state index >= 15 is 0 Å². The van der Waals surface area contributed by atoms with Gasteiger partial charge in [0, 0.05) is 18.3 Å². The number of ether oxygens (including phenoxy) is 1. The van der Waals surface area contributed by atoms with E-state index in [0.717, 1.165) is 5.56 Å². The summed E-state index contributed by atoms with van der Waals surface area (Å²) in [5.41, 5.74) is 7.12. The number of carbonyl (C=O) groups excluding carboxylic acids is 1. The molecule has 0 saturated carbocycles. The van der Waals surface area contributed by atoms with Gasteiger partial charge in [-0.15, -0.1) is 0 Å². The Labute approximate surface area is 143 Å². The van der Waals surface area contributed by atoms with Crippen LogP contribution in [0.25, 0.3) is 0 Å². The lowest BCUT2D eigenvalue weighted by molar-refractivity contribution is -0.154. The first-order chi connectivity index (χ1) is 11.8. The van der Waals surface area contributed by atoms with Gasteiger partial charge in [0.25, 0.3) is 0 Å². The Morgan fingerprint density at radius 1 is 1.20 bits per heavy atom. The molecule has 0 aliphatic heterocycles. The summed E-state index contributed by atoms with van der Waals surface area (Å²) in [6.07, 6.45) is -2.79. The highest BCUT2D eigenvalue weighted by Gasteiger charge is 2.29. The minimum Gasteiger partial charge on any atom is -0.468 e. The van der Waals surface area contributed by atoms with Gasteiger partial charge < -0.3 is 15.8 Å². The van der Waals surface area contributed by atoms with E-state index in [2.05, 4.69) is 15.0 Å². The summed E-state index contributed by atoms with van der Waals surface area (Å²) in [5.74, 6) is -0.578. The van der Waals surface area contributed by atoms with Crippen molar-refractivity contribution in [2.24, 2.45) is 5.73 Å². The van der Waals surface area contributed by atoms with Crippen LogP contribution in [0.4, 0.5) is 13.2 Å². The molecular formula is C17H18F3N3O2. The van der Waals surface area contributed by atoms with Gasteiger partial charge in [0.15, 0.2) is 6.61 Å². The number of benzene rings is 1. The fourth-order valence-corrected chi connectivity index (χ4v) is 2.11. The molecule has 8 heteroatoms. The Balaban J connectivity index is 1.91. The lowest BCUT2D eigenvalue weighted by Crippen LogP contribution is -2.41. The summed E-state index contributed by atoms with van der Waals surface area (Å²) in [7, 11) is 0. The van der Waals surface area contributed by atoms with Crippen LogP contribution >= 0.6 is 0 Å². The standard InChI is InChI=1S/C17H18F3N3O2/c18-17(19,20)11-25-16-13(7-4-8-22-16)10-23-15(24)14(21)9-12-5-2-1-3-6-12/h1-8,14H,9-11,21H2,(H,23,24). The summed E-state index contributed by atoms with van der Waals surface area (Å²) in [4.78, 5) is 15.8. The maximum atomic E-state index is 12.3. The van der Waals surface area contributed by atoms with Crippen molar-refractivity contribution in [3.8, 4) is 5.88 Å². The first-order valence-corrected chi connectivity index (χ1v) is 7.56. The number of pyridine rings is 1. The van der Waals surface area contributed by atoms with Crippen LogP contribution in [0.2, 0.25) is 0 Å². The quantitative estimate of drug-likeness (QED) is 0.800. The molecule has 0 fully saturated rings. The average Bonchev–Trinajstić information content (AvgIpc) is 2.58. The minimum atomic E-state index is -4.46. The van der Waals surface area contributed by atoms with Crippen LogP contribution < -0.4 is 15.8 Å². The number of hydrogen-bond acceptors (Lipinski definition) is 4. The van der Waals surface area contributed by atoms with Crippen LogP contribution in [0, 0.1) is 0 Å². The molecule has 1 atom stereocenters. The molecule has 1 aromatic heterocycles. The Morgan fingerprint density at radius 3 is 2.60 bits per heavy atom. The number of nitrogens with two attached hydrogens (primary N) is 1. The van der Waals surface area contributed by atoms with Gasteiger partial charge in [-0.1, -0.05) is 36.4 Å². The molecule has 0 aliphatic rings. The molecule has 0 bridgehead atoms. The van der Waals surface area contributed by atoms with Gasteiger partial charge in [-0.3, -0.25) is 4.79 Å². The van der Waals surface area contributed by atoms with Crippen LogP contribution in [0.3, 0.4) is 0 Å².